The molecule has 100 valence electrons. The zero-order valence-electron chi connectivity index (χ0n) is 11.0. The van der Waals surface area contributed by atoms with E-state index >= 15 is 0 Å². The van der Waals surface area contributed by atoms with Crippen LogP contribution >= 0.6 is 0 Å². The van der Waals surface area contributed by atoms with Crippen LogP contribution in [0.15, 0.2) is 36.7 Å². The highest BCUT2D eigenvalue weighted by Crippen LogP contribution is 2.22. The van der Waals surface area contributed by atoms with Gasteiger partial charge in [-0.25, -0.2) is 9.97 Å². The Morgan fingerprint density at radius 1 is 1.30 bits per heavy atom. The number of benzene rings is 1. The van der Waals surface area contributed by atoms with Gasteiger partial charge in [-0.2, -0.15) is 5.26 Å². The Balaban J connectivity index is 1.68. The molecule has 1 aromatic carbocycles. The summed E-state index contributed by atoms with van der Waals surface area (Å²) in [7, 11) is 0. The first-order chi connectivity index (χ1) is 9.86. The normalized spacial score (nSPS) is 17.1. The van der Waals surface area contributed by atoms with Gasteiger partial charge in [0.2, 0.25) is 0 Å². The van der Waals surface area contributed by atoms with Crippen molar-refractivity contribution >= 4 is 5.82 Å². The van der Waals surface area contributed by atoms with Gasteiger partial charge < -0.3 is 10.6 Å². The first-order valence-electron chi connectivity index (χ1n) is 6.64. The average Bonchev–Trinajstić information content (AvgIpc) is 2.53. The van der Waals surface area contributed by atoms with Crippen molar-refractivity contribution in [3.63, 3.8) is 0 Å². The summed E-state index contributed by atoms with van der Waals surface area (Å²) in [6.45, 7) is 1.74. The fourth-order valence-electron chi connectivity index (χ4n) is 2.46. The van der Waals surface area contributed by atoms with E-state index in [1.165, 1.54) is 17.3 Å². The van der Waals surface area contributed by atoms with Gasteiger partial charge in [0.05, 0.1) is 12.4 Å². The fraction of sp³-hybridized carbons (Fsp3) is 0.267. The lowest BCUT2D eigenvalue weighted by Gasteiger charge is -2.27. The highest BCUT2D eigenvalue weighted by atomic mass is 15.0. The molecule has 0 saturated carbocycles. The van der Waals surface area contributed by atoms with Gasteiger partial charge in [-0.3, -0.25) is 0 Å². The van der Waals surface area contributed by atoms with Gasteiger partial charge in [0.25, 0.3) is 0 Å². The summed E-state index contributed by atoms with van der Waals surface area (Å²) in [6.07, 6.45) is 4.14. The molecule has 5 nitrogen and oxygen atoms in total. The van der Waals surface area contributed by atoms with Gasteiger partial charge >= 0.3 is 0 Å². The molecule has 0 amide bonds. The summed E-state index contributed by atoms with van der Waals surface area (Å²) in [6, 6.07) is 10.7. The Morgan fingerprint density at radius 3 is 3.00 bits per heavy atom. The highest BCUT2D eigenvalue weighted by Gasteiger charge is 2.18. The summed E-state index contributed by atoms with van der Waals surface area (Å²) in [5.74, 6) is 0.689. The quantitative estimate of drug-likeness (QED) is 0.882. The first-order valence-corrected chi connectivity index (χ1v) is 6.64. The predicted molar refractivity (Wildman–Crippen MR) is 76.1 cm³/mol. The number of aromatic nitrogens is 2. The smallest absolute Gasteiger partial charge is 0.158 e. The Labute approximate surface area is 117 Å². The zero-order valence-corrected chi connectivity index (χ0v) is 11.0. The van der Waals surface area contributed by atoms with Crippen LogP contribution in [0.25, 0.3) is 0 Å². The molecule has 2 N–H and O–H groups in total. The minimum absolute atomic E-state index is 0.275. The van der Waals surface area contributed by atoms with Crippen LogP contribution < -0.4 is 10.6 Å². The molecular formula is C15H15N5. The lowest BCUT2D eigenvalue weighted by atomic mass is 9.94. The Kier molecular flexibility index (Phi) is 3.57. The second kappa shape index (κ2) is 5.68. The van der Waals surface area contributed by atoms with E-state index < -0.39 is 0 Å². The Morgan fingerprint density at radius 2 is 2.20 bits per heavy atom. The molecule has 0 aliphatic carbocycles. The number of hydrogen-bond donors (Lipinski definition) is 2. The minimum Gasteiger partial charge on any atom is -0.367 e. The molecule has 1 unspecified atom stereocenters. The molecule has 0 fully saturated rings. The molecule has 3 rings (SSSR count). The summed E-state index contributed by atoms with van der Waals surface area (Å²) >= 11 is 0. The topological polar surface area (TPSA) is 73.6 Å². The van der Waals surface area contributed by atoms with Crippen molar-refractivity contribution in [2.75, 3.05) is 18.4 Å². The predicted octanol–water partition coefficient (Wildman–Crippen LogP) is 1.65. The molecule has 2 aromatic rings. The molecule has 0 spiro atoms. The summed E-state index contributed by atoms with van der Waals surface area (Å²) in [4.78, 5) is 8.16. The molecule has 5 heteroatoms. The molecule has 0 saturated heterocycles. The molecule has 20 heavy (non-hydrogen) atoms. The van der Waals surface area contributed by atoms with Crippen molar-refractivity contribution in [2.45, 2.75) is 12.5 Å². The maximum Gasteiger partial charge on any atom is 0.158 e. The van der Waals surface area contributed by atoms with E-state index in [0.717, 1.165) is 19.5 Å². The molecule has 0 bridgehead atoms. The van der Waals surface area contributed by atoms with Crippen molar-refractivity contribution in [2.24, 2.45) is 0 Å². The number of fused-ring (bicyclic) bond motifs is 1. The second-order valence-electron chi connectivity index (χ2n) is 4.74. The molecule has 1 aliphatic rings. The van der Waals surface area contributed by atoms with Crippen LogP contribution in [-0.2, 0) is 6.42 Å². The lowest BCUT2D eigenvalue weighted by Crippen LogP contribution is -2.34. The van der Waals surface area contributed by atoms with E-state index in [4.69, 9.17) is 5.26 Å². The van der Waals surface area contributed by atoms with E-state index in [1.807, 2.05) is 6.07 Å². The van der Waals surface area contributed by atoms with Gasteiger partial charge in [-0.15, -0.1) is 0 Å². The van der Waals surface area contributed by atoms with E-state index in [-0.39, 0.29) is 6.04 Å². The van der Waals surface area contributed by atoms with E-state index in [1.54, 1.807) is 6.20 Å². The molecule has 1 aromatic heterocycles. The van der Waals surface area contributed by atoms with Gasteiger partial charge in [-0.05, 0) is 24.1 Å². The van der Waals surface area contributed by atoms with E-state index in [9.17, 15) is 0 Å². The van der Waals surface area contributed by atoms with Gasteiger partial charge in [0.1, 0.15) is 11.9 Å². The number of rotatable bonds is 3. The van der Waals surface area contributed by atoms with Crippen molar-refractivity contribution in [3.8, 4) is 6.07 Å². The summed E-state index contributed by atoms with van der Waals surface area (Å²) in [5, 5.41) is 15.5. The Hall–Kier alpha value is -2.45. The van der Waals surface area contributed by atoms with Crippen molar-refractivity contribution in [1.82, 2.24) is 15.3 Å². The van der Waals surface area contributed by atoms with Crippen molar-refractivity contribution in [1.29, 1.82) is 5.26 Å². The third kappa shape index (κ3) is 2.60. The van der Waals surface area contributed by atoms with Crippen molar-refractivity contribution < 1.29 is 0 Å². The van der Waals surface area contributed by atoms with E-state index in [2.05, 4.69) is 44.9 Å². The van der Waals surface area contributed by atoms with Gasteiger partial charge in [0.15, 0.2) is 5.69 Å². The molecule has 2 heterocycles. The Bertz CT molecular complexity index is 629. The number of hydrogen-bond acceptors (Lipinski definition) is 5. The maximum atomic E-state index is 8.69. The average molecular weight is 265 g/mol. The largest absolute Gasteiger partial charge is 0.367 e. The third-order valence-corrected chi connectivity index (χ3v) is 3.47. The standard InChI is InChI=1S/C15H15N5/c16-7-12-8-19-15(10-18-12)20-9-14-13-4-2-1-3-11(13)5-6-17-14/h1-4,8,10,14,17H,5-6,9H2,(H,19,20). The SMILES string of the molecule is N#Cc1cnc(NCC2NCCc3ccccc32)cn1. The van der Waals surface area contributed by atoms with E-state index in [0.29, 0.717) is 11.5 Å². The summed E-state index contributed by atoms with van der Waals surface area (Å²) < 4.78 is 0. The van der Waals surface area contributed by atoms with Crippen LogP contribution in [-0.4, -0.2) is 23.1 Å². The number of nitrogens with zero attached hydrogens (tertiary/aromatic N) is 3. The summed E-state index contributed by atoms with van der Waals surface area (Å²) in [5.41, 5.74) is 3.08. The molecule has 1 atom stereocenters. The zero-order chi connectivity index (χ0) is 13.8. The van der Waals surface area contributed by atoms with Crippen LogP contribution in [0.4, 0.5) is 5.82 Å². The number of nitrogens with one attached hydrogen (secondary N) is 2. The van der Waals surface area contributed by atoms with Crippen LogP contribution in [0.3, 0.4) is 0 Å². The van der Waals surface area contributed by atoms with Crippen LogP contribution in [0.1, 0.15) is 22.9 Å². The maximum absolute atomic E-state index is 8.69. The second-order valence-corrected chi connectivity index (χ2v) is 4.74. The molecule has 1 aliphatic heterocycles. The van der Waals surface area contributed by atoms with Gasteiger partial charge in [-0.1, -0.05) is 24.3 Å². The first kappa shape index (κ1) is 12.6. The highest BCUT2D eigenvalue weighted by molar-refractivity contribution is 5.37. The molecular weight excluding hydrogens is 250 g/mol. The van der Waals surface area contributed by atoms with Gasteiger partial charge in [0, 0.05) is 12.6 Å². The van der Waals surface area contributed by atoms with Crippen molar-refractivity contribution in [3.05, 3.63) is 53.5 Å². The molecule has 0 radical (unpaired) electrons. The lowest BCUT2D eigenvalue weighted by molar-refractivity contribution is 0.523. The fourth-order valence-corrected chi connectivity index (χ4v) is 2.46. The third-order valence-electron chi connectivity index (χ3n) is 3.47. The minimum atomic E-state index is 0.275. The van der Waals surface area contributed by atoms with Crippen LogP contribution in [0.2, 0.25) is 0 Å². The number of anilines is 1. The number of nitriles is 1. The van der Waals surface area contributed by atoms with Crippen LogP contribution in [0.5, 0.6) is 0 Å². The monoisotopic (exact) mass is 265 g/mol. The van der Waals surface area contributed by atoms with Crippen LogP contribution in [0, 0.1) is 11.3 Å².